The first-order valence-corrected chi connectivity index (χ1v) is 6.61. The zero-order valence-electron chi connectivity index (χ0n) is 10.8. The van der Waals surface area contributed by atoms with Crippen LogP contribution in [0.1, 0.15) is 38.2 Å². The van der Waals surface area contributed by atoms with Crippen molar-refractivity contribution in [2.24, 2.45) is 5.92 Å². The van der Waals surface area contributed by atoms with Gasteiger partial charge in [-0.05, 0) is 25.1 Å². The number of nitrogens with one attached hydrogen (secondary N) is 1. The third-order valence-corrected chi connectivity index (χ3v) is 3.74. The average molecular weight is 258 g/mol. The van der Waals surface area contributed by atoms with Gasteiger partial charge < -0.3 is 5.32 Å². The molecule has 0 aliphatic carbocycles. The molecule has 0 fully saturated rings. The minimum Gasteiger partial charge on any atom is -0.319 e. The summed E-state index contributed by atoms with van der Waals surface area (Å²) in [6, 6.07) is 4.92. The van der Waals surface area contributed by atoms with Crippen LogP contribution in [0.2, 0.25) is 5.02 Å². The van der Waals surface area contributed by atoms with Crippen LogP contribution in [0.3, 0.4) is 0 Å². The summed E-state index contributed by atoms with van der Waals surface area (Å²) in [5.74, 6) is 0.408. The Bertz CT molecular complexity index is 330. The van der Waals surface area contributed by atoms with E-state index >= 15 is 0 Å². The van der Waals surface area contributed by atoms with Gasteiger partial charge in [-0.1, -0.05) is 44.4 Å². The molecule has 1 aromatic carbocycles. The van der Waals surface area contributed by atoms with Crippen molar-refractivity contribution in [3.63, 3.8) is 0 Å². The Kier molecular flexibility index (Phi) is 5.93. The van der Waals surface area contributed by atoms with Gasteiger partial charge in [0.25, 0.3) is 0 Å². The Morgan fingerprint density at radius 3 is 2.41 bits per heavy atom. The Hall–Kier alpha value is -0.600. The Balaban J connectivity index is 3.12. The minimum absolute atomic E-state index is 0.142. The average Bonchev–Trinajstić information content (AvgIpc) is 2.30. The maximum absolute atomic E-state index is 13.9. The van der Waals surface area contributed by atoms with E-state index in [0.29, 0.717) is 16.5 Å². The fraction of sp³-hybridized carbons (Fsp3) is 0.571. The third-order valence-electron chi connectivity index (χ3n) is 3.41. The van der Waals surface area contributed by atoms with Gasteiger partial charge in [-0.2, -0.15) is 0 Å². The number of likely N-dealkylation sites (N-methyl/N-ethyl adjacent to an activating group) is 1. The summed E-state index contributed by atoms with van der Waals surface area (Å²) in [6.45, 7) is 5.05. The number of halogens is 2. The number of hydrogen-bond acceptors (Lipinski definition) is 1. The highest BCUT2D eigenvalue weighted by atomic mass is 35.5. The second kappa shape index (κ2) is 6.97. The summed E-state index contributed by atoms with van der Waals surface area (Å²) >= 11 is 6.15. The zero-order chi connectivity index (χ0) is 12.8. The second-order valence-corrected chi connectivity index (χ2v) is 4.78. The van der Waals surface area contributed by atoms with Gasteiger partial charge in [0.05, 0.1) is 0 Å². The van der Waals surface area contributed by atoms with Gasteiger partial charge >= 0.3 is 0 Å². The van der Waals surface area contributed by atoms with Crippen LogP contribution in [0.5, 0.6) is 0 Å². The van der Waals surface area contributed by atoms with E-state index in [1.165, 1.54) is 6.07 Å². The van der Waals surface area contributed by atoms with Crippen molar-refractivity contribution >= 4 is 11.6 Å². The first-order chi connectivity index (χ1) is 8.15. The van der Waals surface area contributed by atoms with Gasteiger partial charge in [-0.3, -0.25) is 0 Å². The van der Waals surface area contributed by atoms with E-state index in [2.05, 4.69) is 19.2 Å². The van der Waals surface area contributed by atoms with Crippen molar-refractivity contribution in [1.29, 1.82) is 0 Å². The quantitative estimate of drug-likeness (QED) is 0.805. The van der Waals surface area contributed by atoms with Crippen molar-refractivity contribution < 1.29 is 4.39 Å². The monoisotopic (exact) mass is 257 g/mol. The van der Waals surface area contributed by atoms with Gasteiger partial charge in [0, 0.05) is 23.0 Å². The standard InChI is InChI=1S/C14H21ClFN/c1-4-10(5-2)11(9-17-3)14-12(15)7-6-8-13(14)16/h6-8,10-11,17H,4-5,9H2,1-3H3. The topological polar surface area (TPSA) is 12.0 Å². The molecular formula is C14H21ClFN. The van der Waals surface area contributed by atoms with Crippen molar-refractivity contribution in [2.45, 2.75) is 32.6 Å². The van der Waals surface area contributed by atoms with E-state index < -0.39 is 0 Å². The normalized spacial score (nSPS) is 13.1. The SMILES string of the molecule is CCC(CC)C(CNC)c1c(F)cccc1Cl. The van der Waals surface area contributed by atoms with Crippen molar-refractivity contribution in [3.8, 4) is 0 Å². The summed E-state index contributed by atoms with van der Waals surface area (Å²) < 4.78 is 13.9. The molecule has 1 unspecified atom stereocenters. The van der Waals surface area contributed by atoms with E-state index in [0.717, 1.165) is 19.4 Å². The molecule has 0 amide bonds. The third kappa shape index (κ3) is 3.43. The molecule has 0 aliphatic rings. The van der Waals surface area contributed by atoms with Crippen molar-refractivity contribution in [1.82, 2.24) is 5.32 Å². The van der Waals surface area contributed by atoms with E-state index in [4.69, 9.17) is 11.6 Å². The van der Waals surface area contributed by atoms with Crippen LogP contribution in [-0.4, -0.2) is 13.6 Å². The van der Waals surface area contributed by atoms with Gasteiger partial charge in [0.15, 0.2) is 0 Å². The van der Waals surface area contributed by atoms with Gasteiger partial charge in [0.2, 0.25) is 0 Å². The molecule has 0 saturated heterocycles. The molecule has 1 atom stereocenters. The molecule has 0 heterocycles. The molecule has 0 bridgehead atoms. The van der Waals surface area contributed by atoms with Gasteiger partial charge in [-0.25, -0.2) is 4.39 Å². The summed E-state index contributed by atoms with van der Waals surface area (Å²) in [6.07, 6.45) is 2.07. The predicted octanol–water partition coefficient (Wildman–Crippen LogP) is 4.22. The molecule has 17 heavy (non-hydrogen) atoms. The fourth-order valence-electron chi connectivity index (χ4n) is 2.45. The van der Waals surface area contributed by atoms with E-state index in [1.54, 1.807) is 12.1 Å². The van der Waals surface area contributed by atoms with Crippen LogP contribution < -0.4 is 5.32 Å². The largest absolute Gasteiger partial charge is 0.319 e. The fourth-order valence-corrected chi connectivity index (χ4v) is 2.75. The van der Waals surface area contributed by atoms with E-state index in [-0.39, 0.29) is 11.7 Å². The van der Waals surface area contributed by atoms with Gasteiger partial charge in [0.1, 0.15) is 5.82 Å². The maximum atomic E-state index is 13.9. The van der Waals surface area contributed by atoms with Crippen LogP contribution in [0.4, 0.5) is 4.39 Å². The molecule has 1 nitrogen and oxygen atoms in total. The molecule has 1 rings (SSSR count). The lowest BCUT2D eigenvalue weighted by atomic mass is 9.82. The van der Waals surface area contributed by atoms with Crippen molar-refractivity contribution in [2.75, 3.05) is 13.6 Å². The summed E-state index contributed by atoms with van der Waals surface area (Å²) in [7, 11) is 1.89. The van der Waals surface area contributed by atoms with E-state index in [1.807, 2.05) is 7.05 Å². The lowest BCUT2D eigenvalue weighted by Gasteiger charge is -2.26. The molecule has 0 saturated carbocycles. The highest BCUT2D eigenvalue weighted by Gasteiger charge is 2.24. The van der Waals surface area contributed by atoms with Crippen LogP contribution in [0.15, 0.2) is 18.2 Å². The summed E-state index contributed by atoms with van der Waals surface area (Å²) in [5, 5.41) is 3.68. The first-order valence-electron chi connectivity index (χ1n) is 6.24. The van der Waals surface area contributed by atoms with Crippen molar-refractivity contribution in [3.05, 3.63) is 34.6 Å². The molecule has 1 N–H and O–H groups in total. The predicted molar refractivity (Wildman–Crippen MR) is 72.1 cm³/mol. The number of rotatable bonds is 6. The van der Waals surface area contributed by atoms with Gasteiger partial charge in [-0.15, -0.1) is 0 Å². The molecule has 0 aliphatic heterocycles. The highest BCUT2D eigenvalue weighted by molar-refractivity contribution is 6.31. The van der Waals surface area contributed by atoms with Crippen LogP contribution >= 0.6 is 11.6 Å². The number of hydrogen-bond donors (Lipinski definition) is 1. The Morgan fingerprint density at radius 1 is 1.29 bits per heavy atom. The lowest BCUT2D eigenvalue weighted by molar-refractivity contribution is 0.377. The lowest BCUT2D eigenvalue weighted by Crippen LogP contribution is -2.25. The molecule has 0 radical (unpaired) electrons. The molecule has 0 aromatic heterocycles. The Morgan fingerprint density at radius 2 is 1.94 bits per heavy atom. The van der Waals surface area contributed by atoms with E-state index in [9.17, 15) is 4.39 Å². The molecule has 96 valence electrons. The van der Waals surface area contributed by atoms with Crippen LogP contribution in [0, 0.1) is 11.7 Å². The molecule has 3 heteroatoms. The zero-order valence-corrected chi connectivity index (χ0v) is 11.5. The van der Waals surface area contributed by atoms with Crippen LogP contribution in [0.25, 0.3) is 0 Å². The molecular weight excluding hydrogens is 237 g/mol. The smallest absolute Gasteiger partial charge is 0.128 e. The molecule has 0 spiro atoms. The number of benzene rings is 1. The first kappa shape index (κ1) is 14.5. The highest BCUT2D eigenvalue weighted by Crippen LogP contribution is 2.35. The Labute approximate surface area is 108 Å². The second-order valence-electron chi connectivity index (χ2n) is 4.38. The molecule has 1 aromatic rings. The minimum atomic E-state index is -0.190. The summed E-state index contributed by atoms with van der Waals surface area (Å²) in [4.78, 5) is 0. The summed E-state index contributed by atoms with van der Waals surface area (Å²) in [5.41, 5.74) is 0.664. The van der Waals surface area contributed by atoms with Crippen LogP contribution in [-0.2, 0) is 0 Å². The maximum Gasteiger partial charge on any atom is 0.128 e.